The van der Waals surface area contributed by atoms with Crippen molar-refractivity contribution in [3.8, 4) is 5.75 Å². The first-order valence-electron chi connectivity index (χ1n) is 9.80. The number of amides is 5. The number of aliphatic hydroxyl groups excluding tert-OH is 6. The van der Waals surface area contributed by atoms with Crippen molar-refractivity contribution in [2.24, 2.45) is 0 Å². The summed E-state index contributed by atoms with van der Waals surface area (Å²) in [5.41, 5.74) is 0.435. The molecule has 0 bridgehead atoms. The minimum Gasteiger partial charge on any atom is -0.508 e. The Morgan fingerprint density at radius 1 is 1.09 bits per heavy atom. The number of aliphatic hydroxyl groups is 6. The maximum atomic E-state index is 11.8. The standard InChI is InChI=1S/C8H14N4O7.C8H8O3.C3H8O2/c13-1-9-7(18)10(2-14)5-6(17)12(4-16)8(19)11(5)3-15;1-11-8(10)6-2-4-7(9)5-3-6;1-3(5)2-4/h5,13-16H,1-4H2,(H,9,18);2-5,9H,1H3;3-5H,2H2,1H3. The fraction of sp³-hybridized carbons (Fsp3) is 0.474. The number of rotatable bonds is 7. The van der Waals surface area contributed by atoms with E-state index in [0.717, 1.165) is 0 Å². The molecule has 2 atom stereocenters. The average molecular weight is 506 g/mol. The summed E-state index contributed by atoms with van der Waals surface area (Å²) in [4.78, 5) is 47.3. The Labute approximate surface area is 199 Å². The second-order valence-corrected chi connectivity index (χ2v) is 6.50. The van der Waals surface area contributed by atoms with E-state index in [-0.39, 0.29) is 12.4 Å². The number of esters is 1. The quantitative estimate of drug-likeness (QED) is 0.104. The lowest BCUT2D eigenvalue weighted by atomic mass is 10.2. The van der Waals surface area contributed by atoms with E-state index in [1.807, 2.05) is 5.32 Å². The molecule has 1 aliphatic rings. The fourth-order valence-electron chi connectivity index (χ4n) is 2.33. The molecule has 1 aliphatic heterocycles. The van der Waals surface area contributed by atoms with Crippen molar-refractivity contribution in [1.29, 1.82) is 0 Å². The first-order chi connectivity index (χ1) is 16.5. The summed E-state index contributed by atoms with van der Waals surface area (Å²) in [6, 6.07) is 3.85. The third-order valence-electron chi connectivity index (χ3n) is 4.04. The SMILES string of the molecule is CC(O)CO.COC(=O)c1ccc(O)cc1.O=C1C(N(CO)C(=O)NCO)N(CO)C(=O)N1CO. The van der Waals surface area contributed by atoms with Crippen LogP contribution in [0.25, 0.3) is 0 Å². The first kappa shape index (κ1) is 31.5. The molecule has 1 aromatic carbocycles. The monoisotopic (exact) mass is 506 g/mol. The van der Waals surface area contributed by atoms with E-state index in [1.165, 1.54) is 38.3 Å². The highest BCUT2D eigenvalue weighted by Crippen LogP contribution is 2.19. The number of hydrogen-bond acceptors (Lipinski definition) is 12. The lowest BCUT2D eigenvalue weighted by molar-refractivity contribution is -0.136. The van der Waals surface area contributed by atoms with E-state index in [0.29, 0.717) is 20.3 Å². The Bertz CT molecular complexity index is 821. The molecule has 16 nitrogen and oxygen atoms in total. The number of hydrogen-bond donors (Lipinski definition) is 8. The summed E-state index contributed by atoms with van der Waals surface area (Å²) >= 11 is 0. The largest absolute Gasteiger partial charge is 0.508 e. The van der Waals surface area contributed by atoms with Gasteiger partial charge in [-0.25, -0.2) is 19.3 Å². The number of carbonyl (C=O) groups excluding carboxylic acids is 4. The molecule has 35 heavy (non-hydrogen) atoms. The predicted octanol–water partition coefficient (Wildman–Crippen LogP) is -3.07. The Morgan fingerprint density at radius 2 is 1.63 bits per heavy atom. The summed E-state index contributed by atoms with van der Waals surface area (Å²) in [5, 5.41) is 62.4. The van der Waals surface area contributed by atoms with Crippen LogP contribution in [-0.2, 0) is 9.53 Å². The summed E-state index contributed by atoms with van der Waals surface area (Å²) in [5.74, 6) is -1.24. The van der Waals surface area contributed by atoms with Gasteiger partial charge in [-0.15, -0.1) is 0 Å². The van der Waals surface area contributed by atoms with Crippen LogP contribution in [0.3, 0.4) is 0 Å². The number of urea groups is 2. The lowest BCUT2D eigenvalue weighted by Crippen LogP contribution is -2.55. The third-order valence-corrected chi connectivity index (χ3v) is 4.04. The highest BCUT2D eigenvalue weighted by molar-refractivity contribution is 6.05. The smallest absolute Gasteiger partial charge is 0.337 e. The fourth-order valence-corrected chi connectivity index (χ4v) is 2.33. The van der Waals surface area contributed by atoms with Crippen molar-refractivity contribution < 1.29 is 59.7 Å². The maximum Gasteiger partial charge on any atom is 0.337 e. The number of nitrogens with zero attached hydrogens (tertiary/aromatic N) is 3. The van der Waals surface area contributed by atoms with Gasteiger partial charge in [0, 0.05) is 0 Å². The van der Waals surface area contributed by atoms with Gasteiger partial charge < -0.3 is 45.8 Å². The normalized spacial score (nSPS) is 15.4. The van der Waals surface area contributed by atoms with Crippen LogP contribution < -0.4 is 5.32 Å². The molecule has 1 aromatic rings. The second kappa shape index (κ2) is 16.1. The van der Waals surface area contributed by atoms with E-state index in [9.17, 15) is 19.2 Å². The number of phenols is 1. The Hall–Kier alpha value is -3.54. The number of phenolic OH excluding ortho intramolecular Hbond substituents is 1. The number of ether oxygens (including phenoxy) is 1. The van der Waals surface area contributed by atoms with Crippen molar-refractivity contribution in [2.45, 2.75) is 19.2 Å². The van der Waals surface area contributed by atoms with Crippen LogP contribution in [0.2, 0.25) is 0 Å². The van der Waals surface area contributed by atoms with Crippen LogP contribution in [0.1, 0.15) is 17.3 Å². The molecule has 0 radical (unpaired) electrons. The van der Waals surface area contributed by atoms with E-state index in [1.54, 1.807) is 0 Å². The number of aromatic hydroxyl groups is 1. The van der Waals surface area contributed by atoms with Crippen molar-refractivity contribution in [3.05, 3.63) is 29.8 Å². The molecular formula is C19H30N4O12. The molecule has 2 unspecified atom stereocenters. The van der Waals surface area contributed by atoms with Gasteiger partial charge in [0.05, 0.1) is 25.4 Å². The number of carbonyl (C=O) groups is 4. The van der Waals surface area contributed by atoms with Crippen molar-refractivity contribution >= 4 is 23.9 Å². The van der Waals surface area contributed by atoms with Gasteiger partial charge in [-0.1, -0.05) is 0 Å². The van der Waals surface area contributed by atoms with Crippen LogP contribution in [0, 0.1) is 0 Å². The van der Waals surface area contributed by atoms with E-state index in [4.69, 9.17) is 35.7 Å². The predicted molar refractivity (Wildman–Crippen MR) is 115 cm³/mol. The minimum absolute atomic E-state index is 0.137. The first-order valence-corrected chi connectivity index (χ1v) is 9.80. The third kappa shape index (κ3) is 9.32. The molecule has 8 N–H and O–H groups in total. The van der Waals surface area contributed by atoms with E-state index in [2.05, 4.69) is 4.74 Å². The molecule has 2 rings (SSSR count). The number of nitrogens with one attached hydrogen (secondary N) is 1. The van der Waals surface area contributed by atoms with Crippen LogP contribution in [0.15, 0.2) is 24.3 Å². The molecule has 1 saturated heterocycles. The summed E-state index contributed by atoms with van der Waals surface area (Å²) < 4.78 is 4.46. The Balaban J connectivity index is 0.000000605. The molecule has 16 heteroatoms. The van der Waals surface area contributed by atoms with E-state index >= 15 is 0 Å². The zero-order valence-corrected chi connectivity index (χ0v) is 19.0. The van der Waals surface area contributed by atoms with Crippen molar-refractivity contribution in [3.63, 3.8) is 0 Å². The second-order valence-electron chi connectivity index (χ2n) is 6.50. The van der Waals surface area contributed by atoms with Gasteiger partial charge in [-0.2, -0.15) is 0 Å². The summed E-state index contributed by atoms with van der Waals surface area (Å²) in [7, 11) is 1.31. The van der Waals surface area contributed by atoms with Crippen molar-refractivity contribution in [1.82, 2.24) is 20.0 Å². The van der Waals surface area contributed by atoms with Gasteiger partial charge in [0.2, 0.25) is 0 Å². The molecular weight excluding hydrogens is 476 g/mol. The maximum absolute atomic E-state index is 11.8. The van der Waals surface area contributed by atoms with Gasteiger partial charge in [0.1, 0.15) is 32.7 Å². The topological polar surface area (TPSA) is 241 Å². The van der Waals surface area contributed by atoms with Gasteiger partial charge in [-0.3, -0.25) is 14.6 Å². The number of benzene rings is 1. The van der Waals surface area contributed by atoms with Crippen LogP contribution in [-0.4, -0.2) is 127 Å². The summed E-state index contributed by atoms with van der Waals surface area (Å²) in [6.07, 6.45) is -2.16. The molecule has 1 heterocycles. The molecule has 5 amide bonds. The molecule has 198 valence electrons. The van der Waals surface area contributed by atoms with Crippen LogP contribution in [0.4, 0.5) is 9.59 Å². The Morgan fingerprint density at radius 3 is 2.00 bits per heavy atom. The zero-order valence-electron chi connectivity index (χ0n) is 19.0. The van der Waals surface area contributed by atoms with Crippen LogP contribution >= 0.6 is 0 Å². The highest BCUT2D eigenvalue weighted by atomic mass is 16.5. The molecule has 0 aromatic heterocycles. The zero-order chi connectivity index (χ0) is 27.1. The number of methoxy groups -OCH3 is 1. The van der Waals surface area contributed by atoms with E-state index < -0.39 is 63.1 Å². The summed E-state index contributed by atoms with van der Waals surface area (Å²) in [6.45, 7) is -2.11. The van der Waals surface area contributed by atoms with Crippen LogP contribution in [0.5, 0.6) is 5.75 Å². The molecule has 1 fully saturated rings. The highest BCUT2D eigenvalue weighted by Gasteiger charge is 2.49. The van der Waals surface area contributed by atoms with Gasteiger partial charge in [-0.05, 0) is 31.2 Å². The molecule has 0 saturated carbocycles. The average Bonchev–Trinajstić information content (AvgIpc) is 3.09. The lowest BCUT2D eigenvalue weighted by Gasteiger charge is -2.29. The Kier molecular flexibility index (Phi) is 14.5. The van der Waals surface area contributed by atoms with Crippen molar-refractivity contribution in [2.75, 3.05) is 40.6 Å². The van der Waals surface area contributed by atoms with Gasteiger partial charge in [0.15, 0.2) is 6.17 Å². The van der Waals surface area contributed by atoms with Gasteiger partial charge in [0.25, 0.3) is 5.91 Å². The number of imide groups is 1. The molecule has 0 spiro atoms. The van der Waals surface area contributed by atoms with Gasteiger partial charge >= 0.3 is 18.0 Å². The minimum atomic E-state index is -1.60. The molecule has 0 aliphatic carbocycles.